The van der Waals surface area contributed by atoms with Crippen LogP contribution in [0.3, 0.4) is 0 Å². The van der Waals surface area contributed by atoms with Crippen LogP contribution in [-0.2, 0) is 23.9 Å². The summed E-state index contributed by atoms with van der Waals surface area (Å²) in [7, 11) is 0. The van der Waals surface area contributed by atoms with Gasteiger partial charge >= 0.3 is 11.9 Å². The molecule has 2 N–H and O–H groups in total. The van der Waals surface area contributed by atoms with Crippen LogP contribution in [0.1, 0.15) is 51.4 Å². The van der Waals surface area contributed by atoms with Gasteiger partial charge in [-0.1, -0.05) is 0 Å². The maximum Gasteiger partial charge on any atom is 0.303 e. The van der Waals surface area contributed by atoms with Gasteiger partial charge in [0, 0.05) is 38.9 Å². The van der Waals surface area contributed by atoms with Crippen molar-refractivity contribution in [3.05, 3.63) is 0 Å². The van der Waals surface area contributed by atoms with Crippen molar-refractivity contribution in [2.75, 3.05) is 13.2 Å². The summed E-state index contributed by atoms with van der Waals surface area (Å²) < 4.78 is 5.25. The van der Waals surface area contributed by atoms with Gasteiger partial charge in [-0.25, -0.2) is 0 Å². The zero-order chi connectivity index (χ0) is 16.1. The van der Waals surface area contributed by atoms with E-state index in [1.807, 2.05) is 0 Å². The average molecular weight is 302 g/mol. The van der Waals surface area contributed by atoms with Crippen molar-refractivity contribution in [1.29, 1.82) is 0 Å². The Kier molecular flexibility index (Phi) is 11.0. The van der Waals surface area contributed by atoms with Crippen LogP contribution in [0.15, 0.2) is 0 Å². The minimum absolute atomic E-state index is 0.0490. The Bertz CT molecular complexity index is 328. The first-order valence-corrected chi connectivity index (χ1v) is 6.96. The molecule has 21 heavy (non-hydrogen) atoms. The zero-order valence-corrected chi connectivity index (χ0v) is 12.0. The fourth-order valence-electron chi connectivity index (χ4n) is 1.59. The van der Waals surface area contributed by atoms with Crippen molar-refractivity contribution >= 4 is 23.5 Å². The highest BCUT2D eigenvalue weighted by Crippen LogP contribution is 2.02. The highest BCUT2D eigenvalue weighted by molar-refractivity contribution is 5.82. The van der Waals surface area contributed by atoms with Crippen LogP contribution < -0.4 is 0 Å². The van der Waals surface area contributed by atoms with E-state index < -0.39 is 11.9 Å². The normalized spacial score (nSPS) is 10.3. The lowest BCUT2D eigenvalue weighted by Crippen LogP contribution is -2.07. The Hall–Kier alpha value is -1.76. The topological polar surface area (TPSA) is 118 Å². The number of carboxylic acid groups (broad SMARTS) is 2. The molecule has 7 heteroatoms. The second kappa shape index (κ2) is 12.0. The van der Waals surface area contributed by atoms with E-state index in [0.29, 0.717) is 38.9 Å². The van der Waals surface area contributed by atoms with Gasteiger partial charge in [0.1, 0.15) is 11.6 Å². The number of rotatable bonds is 14. The second-order valence-electron chi connectivity index (χ2n) is 4.68. The molecular formula is C14H22O7. The standard InChI is InChI=1S/C14H22O7/c15-11(5-7-13(17)18)3-1-9-21-10-2-4-12(16)6-8-14(19)20/h1-10H2,(H,17,18)(H,19,20). The number of carbonyl (C=O) groups is 4. The fourth-order valence-corrected chi connectivity index (χ4v) is 1.59. The molecule has 0 unspecified atom stereocenters. The number of carboxylic acids is 2. The number of carbonyl (C=O) groups excluding carboxylic acids is 2. The molecule has 0 aliphatic rings. The first-order chi connectivity index (χ1) is 9.91. The van der Waals surface area contributed by atoms with Crippen LogP contribution in [0, 0.1) is 0 Å². The van der Waals surface area contributed by atoms with Crippen molar-refractivity contribution in [2.45, 2.75) is 51.4 Å². The maximum absolute atomic E-state index is 11.2. The summed E-state index contributed by atoms with van der Waals surface area (Å²) in [6.07, 6.45) is 1.48. The van der Waals surface area contributed by atoms with E-state index in [1.54, 1.807) is 0 Å². The molecule has 0 aromatic carbocycles. The van der Waals surface area contributed by atoms with Crippen LogP contribution >= 0.6 is 0 Å². The number of hydrogen-bond acceptors (Lipinski definition) is 5. The number of hydrogen-bond donors (Lipinski definition) is 2. The Balaban J connectivity index is 3.36. The predicted molar refractivity (Wildman–Crippen MR) is 73.0 cm³/mol. The SMILES string of the molecule is O=C(O)CCC(=O)CCCOCCCC(=O)CCC(=O)O. The molecule has 0 bridgehead atoms. The third-order valence-electron chi connectivity index (χ3n) is 2.72. The summed E-state index contributed by atoms with van der Waals surface area (Å²) in [5.41, 5.74) is 0. The molecule has 0 amide bonds. The van der Waals surface area contributed by atoms with Gasteiger partial charge in [-0.3, -0.25) is 19.2 Å². The van der Waals surface area contributed by atoms with Crippen molar-refractivity contribution in [3.8, 4) is 0 Å². The number of aliphatic carboxylic acids is 2. The fraction of sp³-hybridized carbons (Fsp3) is 0.714. The van der Waals surface area contributed by atoms with Crippen molar-refractivity contribution < 1.29 is 34.1 Å². The van der Waals surface area contributed by atoms with Crippen LogP contribution in [0.5, 0.6) is 0 Å². The highest BCUT2D eigenvalue weighted by Gasteiger charge is 2.06. The van der Waals surface area contributed by atoms with E-state index in [9.17, 15) is 19.2 Å². The van der Waals surface area contributed by atoms with E-state index in [2.05, 4.69) is 0 Å². The van der Waals surface area contributed by atoms with E-state index in [-0.39, 0.29) is 37.2 Å². The van der Waals surface area contributed by atoms with E-state index >= 15 is 0 Å². The van der Waals surface area contributed by atoms with Crippen molar-refractivity contribution in [3.63, 3.8) is 0 Å². The van der Waals surface area contributed by atoms with Gasteiger partial charge in [-0.15, -0.1) is 0 Å². The van der Waals surface area contributed by atoms with Gasteiger partial charge in [-0.2, -0.15) is 0 Å². The molecule has 0 spiro atoms. The molecule has 0 aliphatic heterocycles. The van der Waals surface area contributed by atoms with E-state index in [4.69, 9.17) is 14.9 Å². The Morgan fingerprint density at radius 2 is 1.00 bits per heavy atom. The van der Waals surface area contributed by atoms with Gasteiger partial charge in [-0.05, 0) is 12.8 Å². The van der Waals surface area contributed by atoms with Gasteiger partial charge in [0.15, 0.2) is 0 Å². The number of ketones is 2. The molecule has 0 fully saturated rings. The Labute approximate surface area is 123 Å². The molecule has 0 aromatic heterocycles. The summed E-state index contributed by atoms with van der Waals surface area (Å²) in [5, 5.41) is 16.8. The first kappa shape index (κ1) is 19.2. The summed E-state index contributed by atoms with van der Waals surface area (Å²) in [5.74, 6) is -2.14. The summed E-state index contributed by atoms with van der Waals surface area (Å²) in [6.45, 7) is 0.782. The second-order valence-corrected chi connectivity index (χ2v) is 4.68. The summed E-state index contributed by atoms with van der Waals surface area (Å²) >= 11 is 0. The average Bonchev–Trinajstić information content (AvgIpc) is 2.41. The maximum atomic E-state index is 11.2. The van der Waals surface area contributed by atoms with Gasteiger partial charge in [0.05, 0.1) is 12.8 Å². The molecular weight excluding hydrogens is 280 g/mol. The Morgan fingerprint density at radius 3 is 1.33 bits per heavy atom. The van der Waals surface area contributed by atoms with Crippen LogP contribution in [0.4, 0.5) is 0 Å². The summed E-state index contributed by atoms with van der Waals surface area (Å²) in [6, 6.07) is 0. The lowest BCUT2D eigenvalue weighted by Gasteiger charge is -2.03. The third-order valence-corrected chi connectivity index (χ3v) is 2.72. The van der Waals surface area contributed by atoms with Gasteiger partial charge in [0.2, 0.25) is 0 Å². The lowest BCUT2D eigenvalue weighted by molar-refractivity contribution is -0.139. The van der Waals surface area contributed by atoms with Crippen molar-refractivity contribution in [1.82, 2.24) is 0 Å². The molecule has 0 rings (SSSR count). The molecule has 0 aliphatic carbocycles. The molecule has 0 radical (unpaired) electrons. The Morgan fingerprint density at radius 1 is 0.619 bits per heavy atom. The third kappa shape index (κ3) is 14.5. The van der Waals surface area contributed by atoms with Crippen molar-refractivity contribution in [2.24, 2.45) is 0 Å². The smallest absolute Gasteiger partial charge is 0.303 e. The first-order valence-electron chi connectivity index (χ1n) is 6.96. The minimum atomic E-state index is -0.979. The quantitative estimate of drug-likeness (QED) is 0.466. The predicted octanol–water partition coefficient (Wildman–Crippen LogP) is 1.43. The van der Waals surface area contributed by atoms with Crippen LogP contribution in [-0.4, -0.2) is 46.9 Å². The number of Topliss-reactive ketones (excluding diaryl/α,β-unsaturated/α-hetero) is 2. The van der Waals surface area contributed by atoms with Gasteiger partial charge in [0.25, 0.3) is 0 Å². The van der Waals surface area contributed by atoms with Crippen LogP contribution in [0.2, 0.25) is 0 Å². The molecule has 0 heterocycles. The van der Waals surface area contributed by atoms with Gasteiger partial charge < -0.3 is 14.9 Å². The molecule has 7 nitrogen and oxygen atoms in total. The highest BCUT2D eigenvalue weighted by atomic mass is 16.5. The minimum Gasteiger partial charge on any atom is -0.481 e. The molecule has 0 saturated heterocycles. The molecule has 0 saturated carbocycles. The number of ether oxygens (including phenoxy) is 1. The van der Waals surface area contributed by atoms with Crippen LogP contribution in [0.25, 0.3) is 0 Å². The zero-order valence-electron chi connectivity index (χ0n) is 12.0. The largest absolute Gasteiger partial charge is 0.481 e. The monoisotopic (exact) mass is 302 g/mol. The van der Waals surface area contributed by atoms with E-state index in [1.165, 1.54) is 0 Å². The molecule has 0 aromatic rings. The van der Waals surface area contributed by atoms with E-state index in [0.717, 1.165) is 0 Å². The lowest BCUT2D eigenvalue weighted by atomic mass is 10.1. The molecule has 120 valence electrons. The molecule has 0 atom stereocenters. The summed E-state index contributed by atoms with van der Waals surface area (Å²) in [4.78, 5) is 43.0.